The minimum atomic E-state index is 0.225. The van der Waals surface area contributed by atoms with Crippen LogP contribution in [0, 0.1) is 0 Å². The molecule has 0 saturated carbocycles. The van der Waals surface area contributed by atoms with Gasteiger partial charge in [-0.25, -0.2) is 0 Å². The SMILES string of the molecule is Oc1ccccc1C=Nc1ccc(/C=C/c2ccc(N(c3ccccc3)c3ccccc3)cc2)cc1.Oc1ccccc1C=Nc1ccc(/C=C/c2ccc(N(c3ccccc3)c3ccccc3)cc2)cc1.Oc1ccccc1C=Nc1ccc(/C=C/c2ccc(N(c3ccccc3)c3ccccc3)cc2)cc1. The quantitative estimate of drug-likeness (QED) is 0.0489. The molecule has 0 saturated heterocycles. The molecule has 0 amide bonds. The highest BCUT2D eigenvalue weighted by Crippen LogP contribution is 2.38. The van der Waals surface area contributed by atoms with Gasteiger partial charge in [0.2, 0.25) is 0 Å². The molecule has 15 rings (SSSR count). The van der Waals surface area contributed by atoms with Crippen LogP contribution in [0.1, 0.15) is 50.1 Å². The van der Waals surface area contributed by atoms with Crippen molar-refractivity contribution in [2.24, 2.45) is 15.0 Å². The van der Waals surface area contributed by atoms with E-state index in [1.165, 1.54) is 0 Å². The lowest BCUT2D eigenvalue weighted by Gasteiger charge is -2.25. The lowest BCUT2D eigenvalue weighted by atomic mass is 10.1. The Morgan fingerprint density at radius 3 is 0.509 bits per heavy atom. The van der Waals surface area contributed by atoms with Crippen LogP contribution >= 0.6 is 0 Å². The van der Waals surface area contributed by atoms with E-state index in [-0.39, 0.29) is 17.2 Å². The first-order valence-electron chi connectivity index (χ1n) is 35.6. The summed E-state index contributed by atoms with van der Waals surface area (Å²) in [6.45, 7) is 0. The molecule has 522 valence electrons. The predicted molar refractivity (Wildman–Crippen MR) is 456 cm³/mol. The van der Waals surface area contributed by atoms with Crippen LogP contribution < -0.4 is 14.7 Å². The third-order valence-corrected chi connectivity index (χ3v) is 17.5. The molecule has 9 nitrogen and oxygen atoms in total. The predicted octanol–water partition coefficient (Wildman–Crippen LogP) is 26.3. The zero-order valence-corrected chi connectivity index (χ0v) is 59.3. The molecule has 0 bridgehead atoms. The highest BCUT2D eigenvalue weighted by molar-refractivity contribution is 5.88. The van der Waals surface area contributed by atoms with Crippen molar-refractivity contribution < 1.29 is 15.3 Å². The number of phenolic OH excluding ortho intramolecular Hbond substituents is 3. The summed E-state index contributed by atoms with van der Waals surface area (Å²) in [6.07, 6.45) is 17.6. The smallest absolute Gasteiger partial charge is 0.124 e. The summed E-state index contributed by atoms with van der Waals surface area (Å²) in [5.41, 5.74) is 21.3. The second-order valence-corrected chi connectivity index (χ2v) is 25.0. The van der Waals surface area contributed by atoms with Crippen molar-refractivity contribution in [1.82, 2.24) is 0 Å². The van der Waals surface area contributed by atoms with Gasteiger partial charge in [0.25, 0.3) is 0 Å². The van der Waals surface area contributed by atoms with E-state index in [0.717, 1.165) is 102 Å². The standard InChI is InChI=1S/3C33H26N2O/c3*36-33-14-8-7-9-28(33)25-34-29-21-17-26(18-22-29)15-16-27-19-23-32(24-20-27)35(30-10-3-1-4-11-30)31-12-5-2-6-13-31/h3*1-25,36H/b3*16-15+,34-25?. The molecule has 0 aliphatic carbocycles. The third-order valence-electron chi connectivity index (χ3n) is 17.5. The van der Waals surface area contributed by atoms with Gasteiger partial charge < -0.3 is 30.0 Å². The van der Waals surface area contributed by atoms with Crippen LogP contribution in [0.25, 0.3) is 36.5 Å². The van der Waals surface area contributed by atoms with E-state index in [0.29, 0.717) is 16.7 Å². The van der Waals surface area contributed by atoms with Crippen molar-refractivity contribution in [3.8, 4) is 17.2 Å². The molecule has 0 aliphatic rings. The fraction of sp³-hybridized carbons (Fsp3) is 0. The van der Waals surface area contributed by atoms with Gasteiger partial charge in [-0.2, -0.15) is 0 Å². The van der Waals surface area contributed by atoms with Crippen LogP contribution in [0.5, 0.6) is 17.2 Å². The molecule has 0 heterocycles. The molecule has 0 atom stereocenters. The topological polar surface area (TPSA) is 107 Å². The summed E-state index contributed by atoms with van der Waals surface area (Å²) in [6, 6.07) is 134. The largest absolute Gasteiger partial charge is 0.507 e. The lowest BCUT2D eigenvalue weighted by molar-refractivity contribution is 0.474. The van der Waals surface area contributed by atoms with Crippen molar-refractivity contribution in [1.29, 1.82) is 0 Å². The number of rotatable bonds is 21. The first-order chi connectivity index (χ1) is 53.3. The molecule has 0 radical (unpaired) electrons. The average molecular weight is 1400 g/mol. The first-order valence-corrected chi connectivity index (χ1v) is 35.6. The maximum atomic E-state index is 9.87. The van der Waals surface area contributed by atoms with Gasteiger partial charge in [-0.05, 0) is 215 Å². The van der Waals surface area contributed by atoms with Crippen LogP contribution in [-0.2, 0) is 0 Å². The van der Waals surface area contributed by atoms with Gasteiger partial charge >= 0.3 is 0 Å². The fourth-order valence-corrected chi connectivity index (χ4v) is 11.8. The number of aromatic hydroxyl groups is 3. The highest BCUT2D eigenvalue weighted by Gasteiger charge is 2.15. The summed E-state index contributed by atoms with van der Waals surface area (Å²) in [7, 11) is 0. The monoisotopic (exact) mass is 1400 g/mol. The van der Waals surface area contributed by atoms with Crippen molar-refractivity contribution in [2.75, 3.05) is 14.7 Å². The fourth-order valence-electron chi connectivity index (χ4n) is 11.8. The molecule has 15 aromatic rings. The summed E-state index contributed by atoms with van der Waals surface area (Å²) in [5.74, 6) is 0.674. The Balaban J connectivity index is 0.000000143. The third kappa shape index (κ3) is 20.1. The number of hydrogen-bond donors (Lipinski definition) is 3. The molecular formula is C99H78N6O3. The molecule has 3 N–H and O–H groups in total. The average Bonchev–Trinajstić information content (AvgIpc) is 0.822. The molecule has 0 aliphatic heterocycles. The number of phenols is 3. The maximum absolute atomic E-state index is 9.87. The zero-order chi connectivity index (χ0) is 73.7. The van der Waals surface area contributed by atoms with Crippen LogP contribution in [0.3, 0.4) is 0 Å². The Morgan fingerprint density at radius 1 is 0.167 bits per heavy atom. The molecule has 0 fully saturated rings. The molecule has 0 aromatic heterocycles. The van der Waals surface area contributed by atoms with Gasteiger partial charge in [-0.1, -0.05) is 255 Å². The number of benzene rings is 15. The summed E-state index contributed by atoms with van der Waals surface area (Å²) >= 11 is 0. The molecule has 15 aromatic carbocycles. The van der Waals surface area contributed by atoms with Crippen LogP contribution in [0.4, 0.5) is 68.2 Å². The van der Waals surface area contributed by atoms with Gasteiger partial charge in [-0.3, -0.25) is 15.0 Å². The van der Waals surface area contributed by atoms with E-state index < -0.39 is 0 Å². The van der Waals surface area contributed by atoms with Gasteiger partial charge in [0.1, 0.15) is 17.2 Å². The van der Waals surface area contributed by atoms with Gasteiger partial charge in [-0.15, -0.1) is 0 Å². The van der Waals surface area contributed by atoms with E-state index in [2.05, 4.69) is 285 Å². The van der Waals surface area contributed by atoms with Gasteiger partial charge in [0.05, 0.1) is 17.1 Å². The van der Waals surface area contributed by atoms with Crippen LogP contribution in [-0.4, -0.2) is 34.0 Å². The molecule has 108 heavy (non-hydrogen) atoms. The Hall–Kier alpha value is -14.7. The van der Waals surface area contributed by atoms with E-state index in [4.69, 9.17) is 0 Å². The van der Waals surface area contributed by atoms with Crippen LogP contribution in [0.15, 0.2) is 415 Å². The van der Waals surface area contributed by atoms with Crippen molar-refractivity contribution in [3.05, 3.63) is 450 Å². The Bertz CT molecular complexity index is 4800. The molecule has 0 unspecified atom stereocenters. The number of hydrogen-bond acceptors (Lipinski definition) is 9. The van der Waals surface area contributed by atoms with Crippen molar-refractivity contribution >= 4 is 123 Å². The van der Waals surface area contributed by atoms with Gasteiger partial charge in [0, 0.05) is 86.5 Å². The maximum Gasteiger partial charge on any atom is 0.124 e. The van der Waals surface area contributed by atoms with E-state index in [1.54, 1.807) is 55.0 Å². The van der Waals surface area contributed by atoms with Crippen molar-refractivity contribution in [2.45, 2.75) is 0 Å². The number of anilines is 9. The Morgan fingerprint density at radius 2 is 0.324 bits per heavy atom. The van der Waals surface area contributed by atoms with Crippen molar-refractivity contribution in [3.63, 3.8) is 0 Å². The number of aliphatic imine (C=N–C) groups is 3. The molecule has 0 spiro atoms. The second-order valence-electron chi connectivity index (χ2n) is 25.0. The number of nitrogens with zero attached hydrogens (tertiary/aromatic N) is 6. The number of para-hydroxylation sites is 9. The second kappa shape index (κ2) is 37.0. The lowest BCUT2D eigenvalue weighted by Crippen LogP contribution is -2.09. The summed E-state index contributed by atoms with van der Waals surface area (Å²) in [5, 5.41) is 29.6. The van der Waals surface area contributed by atoms with Gasteiger partial charge in [0.15, 0.2) is 0 Å². The van der Waals surface area contributed by atoms with E-state index in [1.807, 2.05) is 146 Å². The normalized spacial score (nSPS) is 11.2. The minimum Gasteiger partial charge on any atom is -0.507 e. The highest BCUT2D eigenvalue weighted by atomic mass is 16.3. The molecular weight excluding hydrogens is 1320 g/mol. The van der Waals surface area contributed by atoms with Crippen LogP contribution in [0.2, 0.25) is 0 Å². The Labute approximate surface area is 632 Å². The summed E-state index contributed by atoms with van der Waals surface area (Å²) in [4.78, 5) is 20.1. The Kier molecular flexibility index (Phi) is 24.5. The minimum absolute atomic E-state index is 0.225. The van der Waals surface area contributed by atoms with E-state index in [9.17, 15) is 15.3 Å². The molecule has 9 heteroatoms. The summed E-state index contributed by atoms with van der Waals surface area (Å²) < 4.78 is 0. The van der Waals surface area contributed by atoms with E-state index >= 15 is 0 Å². The zero-order valence-electron chi connectivity index (χ0n) is 59.3. The first kappa shape index (κ1) is 71.7.